The van der Waals surface area contributed by atoms with Crippen LogP contribution in [0.3, 0.4) is 0 Å². The third-order valence-corrected chi connectivity index (χ3v) is 4.70. The van der Waals surface area contributed by atoms with Crippen molar-refractivity contribution < 1.29 is 23.0 Å². The van der Waals surface area contributed by atoms with Gasteiger partial charge < -0.3 is 9.47 Å². The monoisotopic (exact) mass is 348 g/mol. The summed E-state index contributed by atoms with van der Waals surface area (Å²) in [6.45, 7) is 2.48. The fourth-order valence-corrected chi connectivity index (χ4v) is 3.46. The van der Waals surface area contributed by atoms with E-state index in [1.165, 1.54) is 12.1 Å². The first-order valence-electron chi connectivity index (χ1n) is 8.61. The van der Waals surface area contributed by atoms with Gasteiger partial charge in [-0.05, 0) is 30.9 Å². The van der Waals surface area contributed by atoms with Crippen molar-refractivity contribution in [2.24, 2.45) is 5.92 Å². The molecule has 0 amide bonds. The van der Waals surface area contributed by atoms with Gasteiger partial charge in [-0.25, -0.2) is 8.78 Å². The van der Waals surface area contributed by atoms with Crippen molar-refractivity contribution >= 4 is 5.78 Å². The van der Waals surface area contributed by atoms with Crippen molar-refractivity contribution in [1.82, 2.24) is 0 Å². The molecule has 1 heterocycles. The molecule has 2 fully saturated rings. The lowest BCUT2D eigenvalue weighted by Crippen LogP contribution is -2.17. The molecule has 2 aliphatic rings. The smallest absolute Gasteiger partial charge is 0.184 e. The first-order valence-corrected chi connectivity index (χ1v) is 8.61. The average Bonchev–Trinajstić information content (AvgIpc) is 3.24. The largest absolute Gasteiger partial charge is 0.350 e. The number of hydrogen-bond donors (Lipinski definition) is 0. The van der Waals surface area contributed by atoms with E-state index in [0.29, 0.717) is 18.6 Å². The van der Waals surface area contributed by atoms with E-state index in [-0.39, 0.29) is 36.4 Å². The summed E-state index contributed by atoms with van der Waals surface area (Å²) >= 11 is 0. The minimum absolute atomic E-state index is 0.0854. The quantitative estimate of drug-likeness (QED) is 0.419. The fraction of sp³-hybridized carbons (Fsp3) is 0.450. The molecule has 3 nitrogen and oxygen atoms in total. The Labute approximate surface area is 146 Å². The Morgan fingerprint density at radius 1 is 1.28 bits per heavy atom. The minimum Gasteiger partial charge on any atom is -0.350 e. The number of rotatable bonds is 7. The Bertz CT molecular complexity index is 684. The van der Waals surface area contributed by atoms with Gasteiger partial charge in [-0.2, -0.15) is 0 Å². The summed E-state index contributed by atoms with van der Waals surface area (Å²) < 4.78 is 38.5. The number of hydrogen-bond acceptors (Lipinski definition) is 3. The summed E-state index contributed by atoms with van der Waals surface area (Å²) in [5.41, 5.74) is 0.390. The molecule has 0 aromatic heterocycles. The zero-order valence-electron chi connectivity index (χ0n) is 14.2. The molecular formula is C20H22F2O3. The molecule has 0 radical (unpaired) electrons. The van der Waals surface area contributed by atoms with E-state index in [1.54, 1.807) is 0 Å². The van der Waals surface area contributed by atoms with Gasteiger partial charge in [0, 0.05) is 24.8 Å². The maximum Gasteiger partial charge on any atom is 0.184 e. The maximum absolute atomic E-state index is 14.1. The predicted octanol–water partition coefficient (Wildman–Crippen LogP) is 4.29. The van der Waals surface area contributed by atoms with Crippen molar-refractivity contribution in [1.29, 1.82) is 0 Å². The molecule has 1 aliphatic heterocycles. The number of Topliss-reactive ketones (excluding diaryl/α,β-unsaturated/α-hetero) is 1. The summed E-state index contributed by atoms with van der Waals surface area (Å²) in [5.74, 6) is -1.52. The van der Waals surface area contributed by atoms with Crippen LogP contribution in [-0.2, 0) is 14.3 Å². The minimum atomic E-state index is -0.614. The number of ether oxygens (including phenoxy) is 2. The van der Waals surface area contributed by atoms with E-state index < -0.39 is 11.6 Å². The number of ketones is 1. The lowest BCUT2D eigenvalue weighted by molar-refractivity contribution is -0.117. The number of epoxide rings is 1. The highest BCUT2D eigenvalue weighted by Crippen LogP contribution is 2.47. The van der Waals surface area contributed by atoms with E-state index in [0.717, 1.165) is 12.5 Å². The molecule has 25 heavy (non-hydrogen) atoms. The molecule has 0 bridgehead atoms. The Hall–Kier alpha value is -1.85. The van der Waals surface area contributed by atoms with Crippen LogP contribution in [0, 0.1) is 17.6 Å². The number of benzene rings is 1. The van der Waals surface area contributed by atoms with Gasteiger partial charge in [0.25, 0.3) is 0 Å². The van der Waals surface area contributed by atoms with Crippen LogP contribution in [0.25, 0.3) is 0 Å². The molecule has 5 heteroatoms. The summed E-state index contributed by atoms with van der Waals surface area (Å²) in [6, 6.07) is 3.54. The van der Waals surface area contributed by atoms with E-state index in [9.17, 15) is 13.6 Å². The molecule has 1 saturated heterocycles. The SMILES string of the molecule is CC=CC=CCCOC1OC1C1CC(=O)CC1c1ccc(F)cc1F. The van der Waals surface area contributed by atoms with Crippen LogP contribution < -0.4 is 0 Å². The fourth-order valence-electron chi connectivity index (χ4n) is 3.46. The van der Waals surface area contributed by atoms with Crippen molar-refractivity contribution in [3.05, 3.63) is 59.7 Å². The summed E-state index contributed by atoms with van der Waals surface area (Å²) in [5, 5.41) is 0. The third kappa shape index (κ3) is 4.41. The maximum atomic E-state index is 14.1. The van der Waals surface area contributed by atoms with Crippen molar-refractivity contribution in [3.8, 4) is 0 Å². The van der Waals surface area contributed by atoms with Crippen molar-refractivity contribution in [2.45, 2.75) is 44.5 Å². The lowest BCUT2D eigenvalue weighted by atomic mass is 9.86. The molecule has 1 saturated carbocycles. The standard InChI is InChI=1S/C20H22F2O3/c1-2-3-4-5-6-9-24-20-19(25-20)17-12-14(23)11-16(17)15-8-7-13(21)10-18(15)22/h2-5,7-8,10,16-17,19-20H,6,9,11-12H2,1H3. The third-order valence-electron chi connectivity index (χ3n) is 4.70. The molecule has 0 N–H and O–H groups in total. The Kier molecular flexibility index (Phi) is 5.76. The molecule has 1 aromatic carbocycles. The number of carbonyl (C=O) groups excluding carboxylic acids is 1. The van der Waals surface area contributed by atoms with Gasteiger partial charge in [0.2, 0.25) is 0 Å². The number of carbonyl (C=O) groups is 1. The second kappa shape index (κ2) is 8.02. The van der Waals surface area contributed by atoms with Crippen LogP contribution in [0.15, 0.2) is 42.5 Å². The molecule has 3 rings (SSSR count). The molecule has 134 valence electrons. The van der Waals surface area contributed by atoms with Crippen LogP contribution in [-0.4, -0.2) is 24.8 Å². The van der Waals surface area contributed by atoms with Crippen LogP contribution >= 0.6 is 0 Å². The molecule has 1 aromatic rings. The van der Waals surface area contributed by atoms with Crippen molar-refractivity contribution in [2.75, 3.05) is 6.61 Å². The van der Waals surface area contributed by atoms with Gasteiger partial charge in [-0.1, -0.05) is 30.4 Å². The normalized spacial score (nSPS) is 29.2. The zero-order chi connectivity index (χ0) is 17.8. The number of halogens is 2. The van der Waals surface area contributed by atoms with Crippen LogP contribution in [0.4, 0.5) is 8.78 Å². The van der Waals surface area contributed by atoms with E-state index in [4.69, 9.17) is 9.47 Å². The second-order valence-corrected chi connectivity index (χ2v) is 6.47. The van der Waals surface area contributed by atoms with E-state index in [2.05, 4.69) is 0 Å². The van der Waals surface area contributed by atoms with Gasteiger partial charge in [-0.3, -0.25) is 4.79 Å². The Balaban J connectivity index is 1.57. The Morgan fingerprint density at radius 3 is 2.88 bits per heavy atom. The summed E-state index contributed by atoms with van der Waals surface area (Å²) in [4.78, 5) is 11.9. The van der Waals surface area contributed by atoms with Gasteiger partial charge in [0.1, 0.15) is 23.5 Å². The first kappa shape index (κ1) is 18.0. The van der Waals surface area contributed by atoms with Crippen LogP contribution in [0.2, 0.25) is 0 Å². The number of allylic oxidation sites excluding steroid dienone is 3. The van der Waals surface area contributed by atoms with Gasteiger partial charge in [0.15, 0.2) is 6.29 Å². The molecule has 4 atom stereocenters. The topological polar surface area (TPSA) is 38.8 Å². The van der Waals surface area contributed by atoms with E-state index >= 15 is 0 Å². The predicted molar refractivity (Wildman–Crippen MR) is 90.0 cm³/mol. The highest BCUT2D eigenvalue weighted by molar-refractivity contribution is 5.82. The van der Waals surface area contributed by atoms with Crippen LogP contribution in [0.1, 0.15) is 37.7 Å². The highest BCUT2D eigenvalue weighted by atomic mass is 19.1. The molecule has 4 unspecified atom stereocenters. The first-order chi connectivity index (χ1) is 12.1. The molecular weight excluding hydrogens is 326 g/mol. The average molecular weight is 348 g/mol. The van der Waals surface area contributed by atoms with Gasteiger partial charge >= 0.3 is 0 Å². The van der Waals surface area contributed by atoms with Crippen LogP contribution in [0.5, 0.6) is 0 Å². The van der Waals surface area contributed by atoms with Gasteiger partial charge in [-0.15, -0.1) is 0 Å². The molecule has 1 aliphatic carbocycles. The lowest BCUT2D eigenvalue weighted by Gasteiger charge is -2.18. The zero-order valence-corrected chi connectivity index (χ0v) is 14.2. The van der Waals surface area contributed by atoms with Crippen molar-refractivity contribution in [3.63, 3.8) is 0 Å². The van der Waals surface area contributed by atoms with Gasteiger partial charge in [0.05, 0.1) is 6.61 Å². The molecule has 0 spiro atoms. The highest BCUT2D eigenvalue weighted by Gasteiger charge is 2.52. The van der Waals surface area contributed by atoms with E-state index in [1.807, 2.05) is 31.2 Å². The summed E-state index contributed by atoms with van der Waals surface area (Å²) in [6.07, 6.45) is 8.73. The summed E-state index contributed by atoms with van der Waals surface area (Å²) in [7, 11) is 0. The second-order valence-electron chi connectivity index (χ2n) is 6.47. The Morgan fingerprint density at radius 2 is 2.12 bits per heavy atom.